The van der Waals surface area contributed by atoms with Crippen LogP contribution in [0.3, 0.4) is 0 Å². The molecule has 1 fully saturated rings. The number of benzene rings is 1. The number of aryl methyl sites for hydroxylation is 1. The Bertz CT molecular complexity index is 631. The Morgan fingerprint density at radius 3 is 2.70 bits per heavy atom. The van der Waals surface area contributed by atoms with Gasteiger partial charge in [-0.3, -0.25) is 9.69 Å². The highest BCUT2D eigenvalue weighted by molar-refractivity contribution is 7.87. The number of piperidine rings is 1. The van der Waals surface area contributed by atoms with E-state index in [1.165, 1.54) is 0 Å². The molecular weight excluding hydrogens is 316 g/mol. The molecule has 7 nitrogen and oxygen atoms in total. The zero-order valence-electron chi connectivity index (χ0n) is 13.3. The van der Waals surface area contributed by atoms with Gasteiger partial charge in [0.25, 0.3) is 10.2 Å². The van der Waals surface area contributed by atoms with Crippen LogP contribution in [0, 0.1) is 12.8 Å². The maximum atomic E-state index is 12.1. The molecule has 0 saturated carbocycles. The molecule has 2 rings (SSSR count). The van der Waals surface area contributed by atoms with Gasteiger partial charge in [0.05, 0.1) is 6.54 Å². The summed E-state index contributed by atoms with van der Waals surface area (Å²) in [5, 5.41) is 7.82. The molecule has 1 aromatic carbocycles. The highest BCUT2D eigenvalue weighted by Gasteiger charge is 2.22. The van der Waals surface area contributed by atoms with Gasteiger partial charge in [-0.1, -0.05) is 17.7 Å². The minimum Gasteiger partial charge on any atom is -0.325 e. The van der Waals surface area contributed by atoms with Gasteiger partial charge in [0.1, 0.15) is 0 Å². The molecule has 0 aromatic heterocycles. The van der Waals surface area contributed by atoms with Crippen molar-refractivity contribution in [1.29, 1.82) is 0 Å². The number of hydrogen-bond donors (Lipinski definition) is 3. The highest BCUT2D eigenvalue weighted by atomic mass is 32.2. The number of anilines is 1. The molecule has 1 aromatic rings. The Balaban J connectivity index is 1.80. The number of amides is 1. The van der Waals surface area contributed by atoms with Gasteiger partial charge in [-0.25, -0.2) is 9.86 Å². The molecule has 1 aliphatic rings. The van der Waals surface area contributed by atoms with Gasteiger partial charge in [-0.2, -0.15) is 8.42 Å². The second-order valence-electron chi connectivity index (χ2n) is 6.05. The second-order valence-corrected chi connectivity index (χ2v) is 7.43. The predicted octanol–water partition coefficient (Wildman–Crippen LogP) is 0.439. The van der Waals surface area contributed by atoms with Crippen LogP contribution in [0.2, 0.25) is 0 Å². The van der Waals surface area contributed by atoms with E-state index >= 15 is 0 Å². The average molecular weight is 340 g/mol. The van der Waals surface area contributed by atoms with Gasteiger partial charge < -0.3 is 5.32 Å². The van der Waals surface area contributed by atoms with Crippen molar-refractivity contribution in [2.45, 2.75) is 19.8 Å². The van der Waals surface area contributed by atoms with Crippen LogP contribution in [0.4, 0.5) is 5.69 Å². The molecule has 4 N–H and O–H groups in total. The van der Waals surface area contributed by atoms with Crippen LogP contribution < -0.4 is 15.2 Å². The van der Waals surface area contributed by atoms with Crippen molar-refractivity contribution >= 4 is 21.8 Å². The van der Waals surface area contributed by atoms with Crippen molar-refractivity contribution < 1.29 is 13.2 Å². The molecule has 8 heteroatoms. The number of likely N-dealkylation sites (tertiary alicyclic amines) is 1. The topological polar surface area (TPSA) is 105 Å². The molecule has 128 valence electrons. The van der Waals surface area contributed by atoms with E-state index < -0.39 is 10.2 Å². The third kappa shape index (κ3) is 6.66. The van der Waals surface area contributed by atoms with Gasteiger partial charge in [0, 0.05) is 18.8 Å². The van der Waals surface area contributed by atoms with Crippen molar-refractivity contribution in [3.63, 3.8) is 0 Å². The SMILES string of the molecule is Cc1ccc(NC(=O)CN2CCC[C@@H](CNS(N)(=O)=O)C2)cc1. The summed E-state index contributed by atoms with van der Waals surface area (Å²) in [6, 6.07) is 7.65. The Morgan fingerprint density at radius 1 is 1.35 bits per heavy atom. The van der Waals surface area contributed by atoms with Crippen molar-refractivity contribution in [2.75, 3.05) is 31.5 Å². The number of carbonyl (C=O) groups excluding carboxylic acids is 1. The lowest BCUT2D eigenvalue weighted by Gasteiger charge is -2.32. The number of nitrogens with one attached hydrogen (secondary N) is 2. The van der Waals surface area contributed by atoms with E-state index in [-0.39, 0.29) is 11.8 Å². The lowest BCUT2D eigenvalue weighted by molar-refractivity contribution is -0.117. The molecule has 0 unspecified atom stereocenters. The van der Waals surface area contributed by atoms with E-state index in [0.717, 1.165) is 30.6 Å². The van der Waals surface area contributed by atoms with Crippen molar-refractivity contribution in [3.8, 4) is 0 Å². The van der Waals surface area contributed by atoms with E-state index in [9.17, 15) is 13.2 Å². The summed E-state index contributed by atoms with van der Waals surface area (Å²) in [5.41, 5.74) is 1.93. The van der Waals surface area contributed by atoms with Gasteiger partial charge >= 0.3 is 0 Å². The van der Waals surface area contributed by atoms with E-state index in [1.54, 1.807) is 0 Å². The summed E-state index contributed by atoms with van der Waals surface area (Å²) in [5.74, 6) is 0.114. The zero-order chi connectivity index (χ0) is 16.9. The largest absolute Gasteiger partial charge is 0.325 e. The van der Waals surface area contributed by atoms with Crippen LogP contribution in [0.1, 0.15) is 18.4 Å². The van der Waals surface area contributed by atoms with Gasteiger partial charge in [-0.15, -0.1) is 0 Å². The third-order valence-corrected chi connectivity index (χ3v) is 4.45. The maximum Gasteiger partial charge on any atom is 0.274 e. The van der Waals surface area contributed by atoms with Crippen LogP contribution in [0.25, 0.3) is 0 Å². The molecule has 1 atom stereocenters. The first-order chi connectivity index (χ1) is 10.8. The average Bonchev–Trinajstić information content (AvgIpc) is 2.47. The summed E-state index contributed by atoms with van der Waals surface area (Å²) in [4.78, 5) is 14.1. The fourth-order valence-electron chi connectivity index (χ4n) is 2.74. The second kappa shape index (κ2) is 7.87. The number of rotatable bonds is 6. The Morgan fingerprint density at radius 2 is 2.04 bits per heavy atom. The molecule has 23 heavy (non-hydrogen) atoms. The molecular formula is C15H24N4O3S. The minimum atomic E-state index is -3.66. The van der Waals surface area contributed by atoms with Gasteiger partial charge in [-0.05, 0) is 44.4 Å². The first kappa shape index (κ1) is 17.9. The molecule has 0 radical (unpaired) electrons. The summed E-state index contributed by atoms with van der Waals surface area (Å²) in [6.07, 6.45) is 1.87. The fourth-order valence-corrected chi connectivity index (χ4v) is 3.20. The Kier molecular flexibility index (Phi) is 6.11. The van der Waals surface area contributed by atoms with Crippen molar-refractivity contribution in [2.24, 2.45) is 11.1 Å². The van der Waals surface area contributed by atoms with Crippen LogP contribution in [0.5, 0.6) is 0 Å². The summed E-state index contributed by atoms with van der Waals surface area (Å²) in [7, 11) is -3.66. The Labute approximate surface area is 137 Å². The highest BCUT2D eigenvalue weighted by Crippen LogP contribution is 2.16. The molecule has 1 saturated heterocycles. The zero-order valence-corrected chi connectivity index (χ0v) is 14.1. The maximum absolute atomic E-state index is 12.1. The monoisotopic (exact) mass is 340 g/mol. The summed E-state index contributed by atoms with van der Waals surface area (Å²) < 4.78 is 24.2. The molecule has 1 aliphatic heterocycles. The first-order valence-electron chi connectivity index (χ1n) is 7.68. The molecule has 0 bridgehead atoms. The number of nitrogens with zero attached hydrogens (tertiary/aromatic N) is 1. The van der Waals surface area contributed by atoms with Crippen LogP contribution in [-0.4, -0.2) is 45.4 Å². The normalized spacial score (nSPS) is 19.5. The Hall–Kier alpha value is -1.48. The van der Waals surface area contributed by atoms with E-state index in [0.29, 0.717) is 19.6 Å². The number of nitrogens with two attached hydrogens (primary N) is 1. The smallest absolute Gasteiger partial charge is 0.274 e. The standard InChI is InChI=1S/C15H24N4O3S/c1-12-4-6-14(7-5-12)18-15(20)11-19-8-2-3-13(10-19)9-17-23(16,21)22/h4-7,13,17H,2-3,8-11H2,1H3,(H,18,20)(H2,16,21,22)/t13-/m0/s1. The van der Waals surface area contributed by atoms with Gasteiger partial charge in [0.2, 0.25) is 5.91 Å². The summed E-state index contributed by atoms with van der Waals surface area (Å²) >= 11 is 0. The van der Waals surface area contributed by atoms with Crippen LogP contribution in [-0.2, 0) is 15.0 Å². The minimum absolute atomic E-state index is 0.0612. The predicted molar refractivity (Wildman–Crippen MR) is 90.1 cm³/mol. The molecule has 0 spiro atoms. The van der Waals surface area contributed by atoms with Crippen LogP contribution in [0.15, 0.2) is 24.3 Å². The quantitative estimate of drug-likeness (QED) is 0.699. The van der Waals surface area contributed by atoms with E-state index in [4.69, 9.17) is 5.14 Å². The summed E-state index contributed by atoms with van der Waals surface area (Å²) in [6.45, 7) is 4.14. The number of hydrogen-bond acceptors (Lipinski definition) is 4. The van der Waals surface area contributed by atoms with Gasteiger partial charge in [0.15, 0.2) is 0 Å². The molecule has 1 amide bonds. The van der Waals surface area contributed by atoms with Crippen LogP contribution >= 0.6 is 0 Å². The number of carbonyl (C=O) groups is 1. The lowest BCUT2D eigenvalue weighted by Crippen LogP contribution is -2.44. The third-order valence-electron chi connectivity index (χ3n) is 3.88. The van der Waals surface area contributed by atoms with E-state index in [1.807, 2.05) is 36.1 Å². The fraction of sp³-hybridized carbons (Fsp3) is 0.533. The van der Waals surface area contributed by atoms with Crippen molar-refractivity contribution in [1.82, 2.24) is 9.62 Å². The first-order valence-corrected chi connectivity index (χ1v) is 9.23. The lowest BCUT2D eigenvalue weighted by atomic mass is 9.98. The van der Waals surface area contributed by atoms with Crippen molar-refractivity contribution in [3.05, 3.63) is 29.8 Å². The molecule has 1 heterocycles. The van der Waals surface area contributed by atoms with E-state index in [2.05, 4.69) is 10.0 Å². The molecule has 0 aliphatic carbocycles.